The van der Waals surface area contributed by atoms with Crippen LogP contribution in [0.25, 0.3) is 0 Å². The van der Waals surface area contributed by atoms with Crippen LogP contribution in [0.1, 0.15) is 6.42 Å². The first-order valence-corrected chi connectivity index (χ1v) is 3.53. The minimum Gasteiger partial charge on any atom is -0.377 e. The minimum atomic E-state index is 0.528. The summed E-state index contributed by atoms with van der Waals surface area (Å²) in [5.41, 5.74) is 0.528. The molecule has 0 radical (unpaired) electrons. The van der Waals surface area contributed by atoms with E-state index in [0.29, 0.717) is 17.4 Å². The summed E-state index contributed by atoms with van der Waals surface area (Å²) in [6, 6.07) is 0. The molecule has 3 aliphatic rings. The predicted octanol–water partition coefficient (Wildman–Crippen LogP) is 0.476. The topological polar surface area (TPSA) is 21.6 Å². The van der Waals surface area contributed by atoms with E-state index in [9.17, 15) is 0 Å². The van der Waals surface area contributed by atoms with Crippen molar-refractivity contribution in [1.29, 1.82) is 0 Å². The molecule has 48 valence electrons. The number of hydrogen-bond acceptors (Lipinski definition) is 2. The summed E-state index contributed by atoms with van der Waals surface area (Å²) in [7, 11) is 0. The van der Waals surface area contributed by atoms with Gasteiger partial charge in [-0.25, -0.2) is 0 Å². The average Bonchev–Trinajstić information content (AvgIpc) is 2.30. The maximum Gasteiger partial charge on any atom is 0.0664 e. The van der Waals surface area contributed by atoms with E-state index in [-0.39, 0.29) is 0 Å². The molecule has 2 fully saturated rings. The van der Waals surface area contributed by atoms with Gasteiger partial charge in [-0.2, -0.15) is 0 Å². The fourth-order valence-electron chi connectivity index (χ4n) is 2.11. The molecule has 2 nitrogen and oxygen atoms in total. The Morgan fingerprint density at radius 2 is 2.67 bits per heavy atom. The van der Waals surface area contributed by atoms with Gasteiger partial charge in [0.05, 0.1) is 12.7 Å². The molecule has 0 bridgehead atoms. The largest absolute Gasteiger partial charge is 0.377 e. The third-order valence-corrected chi connectivity index (χ3v) is 2.93. The standard InChI is InChI=1S/C7H9NO/c1-6-7(1)4-8-2-5(7)3-9-6/h2,5-6H,1,3-4H2/t5?,6-,7?/m0/s1. The second-order valence-electron chi connectivity index (χ2n) is 3.36. The zero-order chi connectivity index (χ0) is 5.90. The SMILES string of the molecule is C1=NCC23C[C@@H]2OCC13. The van der Waals surface area contributed by atoms with Gasteiger partial charge in [0, 0.05) is 24.1 Å². The van der Waals surface area contributed by atoms with Crippen molar-refractivity contribution in [1.82, 2.24) is 0 Å². The first-order chi connectivity index (χ1) is 4.42. The maximum absolute atomic E-state index is 5.49. The summed E-state index contributed by atoms with van der Waals surface area (Å²) >= 11 is 0. The van der Waals surface area contributed by atoms with E-state index in [4.69, 9.17) is 4.74 Å². The van der Waals surface area contributed by atoms with Crippen LogP contribution < -0.4 is 0 Å². The van der Waals surface area contributed by atoms with Gasteiger partial charge < -0.3 is 4.74 Å². The summed E-state index contributed by atoms with van der Waals surface area (Å²) in [5, 5.41) is 0. The Bertz CT molecular complexity index is 189. The lowest BCUT2D eigenvalue weighted by molar-refractivity contribution is 0.148. The van der Waals surface area contributed by atoms with Crippen LogP contribution in [-0.4, -0.2) is 25.5 Å². The molecule has 1 aliphatic carbocycles. The number of aliphatic imine (C=N–C) groups is 1. The van der Waals surface area contributed by atoms with Crippen molar-refractivity contribution in [2.45, 2.75) is 12.5 Å². The van der Waals surface area contributed by atoms with Gasteiger partial charge in [-0.15, -0.1) is 0 Å². The van der Waals surface area contributed by atoms with Crippen LogP contribution in [0.3, 0.4) is 0 Å². The molecule has 1 spiro atoms. The van der Waals surface area contributed by atoms with Gasteiger partial charge in [-0.05, 0) is 6.42 Å². The lowest BCUT2D eigenvalue weighted by Crippen LogP contribution is -2.13. The van der Waals surface area contributed by atoms with Gasteiger partial charge in [0.1, 0.15) is 0 Å². The van der Waals surface area contributed by atoms with Gasteiger partial charge in [0.25, 0.3) is 0 Å². The number of ether oxygens (including phenoxy) is 1. The molecular formula is C7H9NO. The molecule has 1 saturated carbocycles. The Morgan fingerprint density at radius 3 is 3.44 bits per heavy atom. The highest BCUT2D eigenvalue weighted by atomic mass is 16.5. The average molecular weight is 123 g/mol. The maximum atomic E-state index is 5.49. The van der Waals surface area contributed by atoms with Gasteiger partial charge in [-0.3, -0.25) is 4.99 Å². The van der Waals surface area contributed by atoms with Gasteiger partial charge in [-0.1, -0.05) is 0 Å². The summed E-state index contributed by atoms with van der Waals surface area (Å²) in [4.78, 5) is 4.28. The number of hydrogen-bond donors (Lipinski definition) is 0. The molecule has 0 N–H and O–H groups in total. The quantitative estimate of drug-likeness (QED) is 0.459. The predicted molar refractivity (Wildman–Crippen MR) is 33.6 cm³/mol. The van der Waals surface area contributed by atoms with Crippen molar-refractivity contribution < 1.29 is 4.74 Å². The van der Waals surface area contributed by atoms with Gasteiger partial charge in [0.2, 0.25) is 0 Å². The molecule has 2 heterocycles. The third kappa shape index (κ3) is 0.341. The zero-order valence-corrected chi connectivity index (χ0v) is 5.21. The van der Waals surface area contributed by atoms with Crippen molar-refractivity contribution in [2.24, 2.45) is 16.3 Å². The second kappa shape index (κ2) is 1.08. The Balaban J connectivity index is 2.05. The number of nitrogens with zero attached hydrogens (tertiary/aromatic N) is 1. The minimum absolute atomic E-state index is 0.528. The van der Waals surface area contributed by atoms with E-state index in [0.717, 1.165) is 13.2 Å². The van der Waals surface area contributed by atoms with Gasteiger partial charge >= 0.3 is 0 Å². The molecule has 1 saturated heterocycles. The normalized spacial score (nSPS) is 59.6. The highest BCUT2D eigenvalue weighted by molar-refractivity contribution is 5.67. The van der Waals surface area contributed by atoms with E-state index in [1.807, 2.05) is 0 Å². The third-order valence-electron chi connectivity index (χ3n) is 2.93. The molecule has 0 aromatic rings. The second-order valence-corrected chi connectivity index (χ2v) is 3.36. The van der Waals surface area contributed by atoms with Crippen LogP contribution in [0, 0.1) is 11.3 Å². The zero-order valence-electron chi connectivity index (χ0n) is 5.21. The van der Waals surface area contributed by atoms with E-state index >= 15 is 0 Å². The van der Waals surface area contributed by atoms with Crippen molar-refractivity contribution in [3.8, 4) is 0 Å². The Kier molecular flexibility index (Phi) is 0.533. The molecule has 0 amide bonds. The summed E-state index contributed by atoms with van der Waals surface area (Å²) < 4.78 is 5.49. The van der Waals surface area contributed by atoms with Crippen molar-refractivity contribution in [2.75, 3.05) is 13.2 Å². The molecule has 2 heteroatoms. The van der Waals surface area contributed by atoms with Crippen LogP contribution in [0.15, 0.2) is 4.99 Å². The molecule has 3 atom stereocenters. The number of rotatable bonds is 0. The van der Waals surface area contributed by atoms with Crippen LogP contribution in [0.4, 0.5) is 0 Å². The molecule has 0 aromatic carbocycles. The first-order valence-electron chi connectivity index (χ1n) is 3.53. The highest BCUT2D eigenvalue weighted by Crippen LogP contribution is 2.60. The fourth-order valence-corrected chi connectivity index (χ4v) is 2.11. The highest BCUT2D eigenvalue weighted by Gasteiger charge is 2.65. The van der Waals surface area contributed by atoms with Gasteiger partial charge in [0.15, 0.2) is 0 Å². The van der Waals surface area contributed by atoms with Crippen LogP contribution >= 0.6 is 0 Å². The van der Waals surface area contributed by atoms with Crippen molar-refractivity contribution in [3.05, 3.63) is 0 Å². The van der Waals surface area contributed by atoms with E-state index in [1.54, 1.807) is 0 Å². The molecular weight excluding hydrogens is 114 g/mol. The van der Waals surface area contributed by atoms with E-state index in [2.05, 4.69) is 11.2 Å². The fraction of sp³-hybridized carbons (Fsp3) is 0.857. The monoisotopic (exact) mass is 123 g/mol. The lowest BCUT2D eigenvalue weighted by Gasteiger charge is -2.05. The van der Waals surface area contributed by atoms with Crippen molar-refractivity contribution >= 4 is 6.21 Å². The molecule has 0 aromatic heterocycles. The van der Waals surface area contributed by atoms with Crippen LogP contribution in [0.5, 0.6) is 0 Å². The molecule has 2 unspecified atom stereocenters. The molecule has 2 aliphatic heterocycles. The van der Waals surface area contributed by atoms with Crippen LogP contribution in [-0.2, 0) is 4.74 Å². The summed E-state index contributed by atoms with van der Waals surface area (Å²) in [5.74, 6) is 0.683. The first kappa shape index (κ1) is 4.45. The van der Waals surface area contributed by atoms with E-state index in [1.165, 1.54) is 6.42 Å². The molecule has 9 heavy (non-hydrogen) atoms. The Labute approximate surface area is 53.9 Å². The Hall–Kier alpha value is -0.370. The summed E-state index contributed by atoms with van der Waals surface area (Å²) in [6.07, 6.45) is 3.95. The van der Waals surface area contributed by atoms with E-state index < -0.39 is 0 Å². The van der Waals surface area contributed by atoms with Crippen molar-refractivity contribution in [3.63, 3.8) is 0 Å². The van der Waals surface area contributed by atoms with Crippen LogP contribution in [0.2, 0.25) is 0 Å². The Morgan fingerprint density at radius 1 is 1.67 bits per heavy atom. The smallest absolute Gasteiger partial charge is 0.0664 e. The molecule has 3 rings (SSSR count). The summed E-state index contributed by atoms with van der Waals surface area (Å²) in [6.45, 7) is 1.98. The lowest BCUT2D eigenvalue weighted by atomic mass is 9.95.